The fourth-order valence-corrected chi connectivity index (χ4v) is 3.97. The van der Waals surface area contributed by atoms with Crippen LogP contribution in [-0.4, -0.2) is 51.1 Å². The minimum absolute atomic E-state index is 0.201. The molecule has 1 saturated heterocycles. The Labute approximate surface area is 175 Å². The van der Waals surface area contributed by atoms with E-state index >= 15 is 0 Å². The van der Waals surface area contributed by atoms with E-state index in [1.165, 1.54) is 11.3 Å². The maximum atomic E-state index is 4.83. The number of nitrogens with zero attached hydrogens (tertiary/aromatic N) is 6. The molecular weight excluding hydrogens is 376 g/mol. The summed E-state index contributed by atoms with van der Waals surface area (Å²) in [7, 11) is 0. The van der Waals surface area contributed by atoms with Gasteiger partial charge in [-0.25, -0.2) is 14.6 Å². The van der Waals surface area contributed by atoms with Gasteiger partial charge in [0.1, 0.15) is 16.6 Å². The molecule has 2 aromatic heterocycles. The van der Waals surface area contributed by atoms with Crippen LogP contribution in [0.25, 0.3) is 21.9 Å². The minimum atomic E-state index is 0.201. The number of piperazine rings is 1. The number of hydrogen-bond donors (Lipinski definition) is 2. The van der Waals surface area contributed by atoms with E-state index in [0.717, 1.165) is 53.8 Å². The Hall–Kier alpha value is -3.26. The highest BCUT2D eigenvalue weighted by Crippen LogP contribution is 2.28. The molecule has 8 heteroatoms. The van der Waals surface area contributed by atoms with Crippen molar-refractivity contribution in [1.82, 2.24) is 30.3 Å². The van der Waals surface area contributed by atoms with Crippen LogP contribution in [0.2, 0.25) is 0 Å². The molecule has 0 atom stereocenters. The maximum absolute atomic E-state index is 4.83. The van der Waals surface area contributed by atoms with Gasteiger partial charge in [0.15, 0.2) is 0 Å². The Morgan fingerprint density at radius 3 is 2.70 bits per heavy atom. The first-order chi connectivity index (χ1) is 14.6. The largest absolute Gasteiger partial charge is 0.369 e. The highest BCUT2D eigenvalue weighted by Gasteiger charge is 2.15. The summed E-state index contributed by atoms with van der Waals surface area (Å²) >= 11 is 0. The van der Waals surface area contributed by atoms with Crippen molar-refractivity contribution >= 4 is 39.3 Å². The predicted octanol–water partition coefficient (Wildman–Crippen LogP) is 3.42. The standard InChI is InChI=1S/C22H26N8/c1-14(2)30-21-19(27-28-30)6-4-16-13-24-22(26-20(16)21)25-18-7-5-17(12-15(18)3)29-10-8-23-9-11-29/h4-7,12-14,23H,8-11H2,1-3H3,(H,24,25,26). The monoisotopic (exact) mass is 402 g/mol. The summed E-state index contributed by atoms with van der Waals surface area (Å²) < 4.78 is 1.92. The van der Waals surface area contributed by atoms with E-state index in [2.05, 4.69) is 69.8 Å². The predicted molar refractivity (Wildman–Crippen MR) is 121 cm³/mol. The van der Waals surface area contributed by atoms with Crippen molar-refractivity contribution in [2.75, 3.05) is 36.4 Å². The molecule has 0 saturated carbocycles. The summed E-state index contributed by atoms with van der Waals surface area (Å²) in [5.41, 5.74) is 6.08. The van der Waals surface area contributed by atoms with Gasteiger partial charge < -0.3 is 15.5 Å². The number of aryl methyl sites for hydroxylation is 1. The first-order valence-electron chi connectivity index (χ1n) is 10.4. The molecule has 0 bridgehead atoms. The summed E-state index contributed by atoms with van der Waals surface area (Å²) in [6.45, 7) is 10.4. The fourth-order valence-electron chi connectivity index (χ4n) is 3.97. The van der Waals surface area contributed by atoms with Crippen LogP contribution >= 0.6 is 0 Å². The molecule has 2 aromatic carbocycles. The van der Waals surface area contributed by atoms with Crippen molar-refractivity contribution in [2.24, 2.45) is 0 Å². The quantitative estimate of drug-likeness (QED) is 0.541. The molecule has 0 amide bonds. The zero-order valence-corrected chi connectivity index (χ0v) is 17.6. The van der Waals surface area contributed by atoms with Crippen molar-refractivity contribution in [3.05, 3.63) is 42.1 Å². The molecule has 2 N–H and O–H groups in total. The van der Waals surface area contributed by atoms with Gasteiger partial charge in [-0.15, -0.1) is 5.10 Å². The van der Waals surface area contributed by atoms with Gasteiger partial charge in [-0.2, -0.15) is 0 Å². The van der Waals surface area contributed by atoms with Crippen LogP contribution < -0.4 is 15.5 Å². The lowest BCUT2D eigenvalue weighted by atomic mass is 10.1. The highest BCUT2D eigenvalue weighted by molar-refractivity contribution is 6.01. The summed E-state index contributed by atoms with van der Waals surface area (Å²) in [6, 6.07) is 10.7. The molecular formula is C22H26N8. The van der Waals surface area contributed by atoms with E-state index < -0.39 is 0 Å². The lowest BCUT2D eigenvalue weighted by Crippen LogP contribution is -2.43. The van der Waals surface area contributed by atoms with Gasteiger partial charge in [0.25, 0.3) is 0 Å². The molecule has 30 heavy (non-hydrogen) atoms. The average Bonchev–Trinajstić information content (AvgIpc) is 3.21. The molecule has 1 fully saturated rings. The van der Waals surface area contributed by atoms with Gasteiger partial charge in [-0.05, 0) is 56.7 Å². The Morgan fingerprint density at radius 1 is 1.10 bits per heavy atom. The third kappa shape index (κ3) is 3.33. The molecule has 0 spiro atoms. The average molecular weight is 403 g/mol. The second-order valence-corrected chi connectivity index (χ2v) is 8.05. The molecule has 0 aliphatic carbocycles. The normalized spacial score (nSPS) is 14.7. The maximum Gasteiger partial charge on any atom is 0.227 e. The summed E-state index contributed by atoms with van der Waals surface area (Å²) in [5.74, 6) is 0.574. The highest BCUT2D eigenvalue weighted by atomic mass is 15.4. The van der Waals surface area contributed by atoms with E-state index in [0.29, 0.717) is 5.95 Å². The SMILES string of the molecule is Cc1cc(N2CCNCC2)ccc1Nc1ncc2ccc3nnn(C(C)C)c3c2n1. The second kappa shape index (κ2) is 7.53. The number of fused-ring (bicyclic) bond motifs is 3. The van der Waals surface area contributed by atoms with E-state index in [1.807, 2.05) is 23.0 Å². The lowest BCUT2D eigenvalue weighted by molar-refractivity contribution is 0.531. The fraction of sp³-hybridized carbons (Fsp3) is 0.364. The van der Waals surface area contributed by atoms with Crippen molar-refractivity contribution in [2.45, 2.75) is 26.8 Å². The Morgan fingerprint density at radius 2 is 1.93 bits per heavy atom. The number of aromatic nitrogens is 5. The molecule has 4 aromatic rings. The first-order valence-corrected chi connectivity index (χ1v) is 10.4. The van der Waals surface area contributed by atoms with Crippen molar-refractivity contribution in [3.8, 4) is 0 Å². The van der Waals surface area contributed by atoms with Crippen molar-refractivity contribution < 1.29 is 0 Å². The van der Waals surface area contributed by atoms with Gasteiger partial charge in [-0.1, -0.05) is 5.21 Å². The molecule has 154 valence electrons. The van der Waals surface area contributed by atoms with E-state index in [1.54, 1.807) is 0 Å². The van der Waals surface area contributed by atoms with Crippen molar-refractivity contribution in [3.63, 3.8) is 0 Å². The second-order valence-electron chi connectivity index (χ2n) is 8.05. The summed E-state index contributed by atoms with van der Waals surface area (Å²) in [5, 5.41) is 16.4. The molecule has 1 aliphatic rings. The van der Waals surface area contributed by atoms with Crippen LogP contribution in [0.3, 0.4) is 0 Å². The first kappa shape index (κ1) is 18.7. The van der Waals surface area contributed by atoms with Gasteiger partial charge in [0, 0.05) is 55.2 Å². The smallest absolute Gasteiger partial charge is 0.227 e. The topological polar surface area (TPSA) is 83.8 Å². The molecule has 3 heterocycles. The molecule has 5 rings (SSSR count). The zero-order valence-electron chi connectivity index (χ0n) is 17.6. The van der Waals surface area contributed by atoms with Crippen LogP contribution in [0.1, 0.15) is 25.5 Å². The molecule has 8 nitrogen and oxygen atoms in total. The van der Waals surface area contributed by atoms with Crippen LogP contribution in [0.5, 0.6) is 0 Å². The minimum Gasteiger partial charge on any atom is -0.369 e. The van der Waals surface area contributed by atoms with Gasteiger partial charge >= 0.3 is 0 Å². The van der Waals surface area contributed by atoms with Crippen LogP contribution in [0.15, 0.2) is 36.5 Å². The third-order valence-corrected chi connectivity index (χ3v) is 5.61. The van der Waals surface area contributed by atoms with Crippen LogP contribution in [-0.2, 0) is 0 Å². The number of nitrogens with one attached hydrogen (secondary N) is 2. The third-order valence-electron chi connectivity index (χ3n) is 5.61. The van der Waals surface area contributed by atoms with Crippen LogP contribution in [0.4, 0.5) is 17.3 Å². The van der Waals surface area contributed by atoms with E-state index in [-0.39, 0.29) is 6.04 Å². The number of anilines is 3. The van der Waals surface area contributed by atoms with Crippen LogP contribution in [0, 0.1) is 6.92 Å². The summed E-state index contributed by atoms with van der Waals surface area (Å²) in [6.07, 6.45) is 1.85. The molecule has 0 unspecified atom stereocenters. The Kier molecular flexibility index (Phi) is 4.71. The lowest BCUT2D eigenvalue weighted by Gasteiger charge is -2.30. The van der Waals surface area contributed by atoms with Gasteiger partial charge in [0.2, 0.25) is 5.95 Å². The summed E-state index contributed by atoms with van der Waals surface area (Å²) in [4.78, 5) is 11.8. The van der Waals surface area contributed by atoms with E-state index in [4.69, 9.17) is 4.98 Å². The van der Waals surface area contributed by atoms with Gasteiger partial charge in [0.05, 0.1) is 0 Å². The van der Waals surface area contributed by atoms with E-state index in [9.17, 15) is 0 Å². The number of benzene rings is 2. The number of rotatable bonds is 4. The van der Waals surface area contributed by atoms with Gasteiger partial charge in [-0.3, -0.25) is 0 Å². The Bertz CT molecular complexity index is 1210. The Balaban J connectivity index is 1.49. The molecule has 0 radical (unpaired) electrons. The molecule has 1 aliphatic heterocycles. The zero-order chi connectivity index (χ0) is 20.7. The van der Waals surface area contributed by atoms with Crippen molar-refractivity contribution in [1.29, 1.82) is 0 Å². The number of hydrogen-bond acceptors (Lipinski definition) is 7.